The average Bonchev–Trinajstić information content (AvgIpc) is 2.59. The molecule has 0 spiro atoms. The lowest BCUT2D eigenvalue weighted by Gasteiger charge is -2.23. The van der Waals surface area contributed by atoms with Gasteiger partial charge in [0.25, 0.3) is 5.91 Å². The number of nitrogens with one attached hydrogen (secondary N) is 2. The van der Waals surface area contributed by atoms with Gasteiger partial charge in [-0.15, -0.1) is 12.4 Å². The zero-order chi connectivity index (χ0) is 15.9. The van der Waals surface area contributed by atoms with Gasteiger partial charge in [-0.3, -0.25) is 4.79 Å². The van der Waals surface area contributed by atoms with Gasteiger partial charge in [0.1, 0.15) is 5.75 Å². The van der Waals surface area contributed by atoms with Crippen LogP contribution in [0.5, 0.6) is 17.2 Å². The van der Waals surface area contributed by atoms with E-state index < -0.39 is 0 Å². The third-order valence-electron chi connectivity index (χ3n) is 3.90. The van der Waals surface area contributed by atoms with Gasteiger partial charge in [0.05, 0.1) is 26.9 Å². The number of halogens is 1. The highest BCUT2D eigenvalue weighted by Crippen LogP contribution is 2.34. The first-order valence-corrected chi connectivity index (χ1v) is 7.48. The molecular weight excluding hydrogens is 320 g/mol. The molecule has 1 aromatic rings. The van der Waals surface area contributed by atoms with Crippen molar-refractivity contribution < 1.29 is 19.0 Å². The number of piperidine rings is 1. The van der Waals surface area contributed by atoms with Gasteiger partial charge in [-0.25, -0.2) is 0 Å². The Hall–Kier alpha value is -1.66. The lowest BCUT2D eigenvalue weighted by molar-refractivity contribution is 0.0941. The Kier molecular flexibility index (Phi) is 7.98. The first-order valence-electron chi connectivity index (χ1n) is 7.48. The van der Waals surface area contributed by atoms with Crippen molar-refractivity contribution in [1.82, 2.24) is 10.6 Å². The number of ether oxygens (including phenoxy) is 3. The van der Waals surface area contributed by atoms with Crippen molar-refractivity contribution in [3.05, 3.63) is 17.7 Å². The quantitative estimate of drug-likeness (QED) is 0.824. The Balaban J connectivity index is 0.00000264. The molecule has 1 saturated heterocycles. The molecule has 1 aliphatic heterocycles. The molecule has 2 N–H and O–H groups in total. The zero-order valence-corrected chi connectivity index (χ0v) is 14.6. The summed E-state index contributed by atoms with van der Waals surface area (Å²) in [6, 6.07) is 3.31. The maximum Gasteiger partial charge on any atom is 0.255 e. The highest BCUT2D eigenvalue weighted by molar-refractivity contribution is 5.97. The minimum Gasteiger partial charge on any atom is -0.496 e. The molecule has 23 heavy (non-hydrogen) atoms. The van der Waals surface area contributed by atoms with Crippen molar-refractivity contribution in [3.63, 3.8) is 0 Å². The molecule has 1 aromatic carbocycles. The second kappa shape index (κ2) is 9.47. The number of hydrogen-bond acceptors (Lipinski definition) is 5. The van der Waals surface area contributed by atoms with Gasteiger partial charge < -0.3 is 24.8 Å². The largest absolute Gasteiger partial charge is 0.496 e. The minimum atomic E-state index is -0.164. The van der Waals surface area contributed by atoms with Gasteiger partial charge in [0.15, 0.2) is 11.5 Å². The molecule has 2 rings (SSSR count). The van der Waals surface area contributed by atoms with E-state index in [1.807, 2.05) is 0 Å². The molecule has 1 unspecified atom stereocenters. The first kappa shape index (κ1) is 19.4. The lowest BCUT2D eigenvalue weighted by atomic mass is 9.99. The van der Waals surface area contributed by atoms with Gasteiger partial charge in [0, 0.05) is 18.7 Å². The molecule has 1 fully saturated rings. The summed E-state index contributed by atoms with van der Waals surface area (Å²) in [5.41, 5.74) is 0.448. The Morgan fingerprint density at radius 3 is 2.39 bits per heavy atom. The molecular formula is C16H25ClN2O4. The number of carbonyl (C=O) groups excluding carboxylic acids is 1. The van der Waals surface area contributed by atoms with Crippen molar-refractivity contribution in [1.29, 1.82) is 0 Å². The van der Waals surface area contributed by atoms with E-state index in [9.17, 15) is 4.79 Å². The van der Waals surface area contributed by atoms with Crippen LogP contribution in [0, 0.1) is 5.92 Å². The summed E-state index contributed by atoms with van der Waals surface area (Å²) in [7, 11) is 4.62. The summed E-state index contributed by atoms with van der Waals surface area (Å²) in [6.07, 6.45) is 2.29. The Labute approximate surface area is 143 Å². The van der Waals surface area contributed by atoms with E-state index in [0.29, 0.717) is 35.3 Å². The van der Waals surface area contributed by atoms with Crippen molar-refractivity contribution >= 4 is 18.3 Å². The van der Waals surface area contributed by atoms with E-state index in [1.54, 1.807) is 26.4 Å². The van der Waals surface area contributed by atoms with E-state index in [1.165, 1.54) is 7.11 Å². The van der Waals surface area contributed by atoms with Gasteiger partial charge in [0.2, 0.25) is 0 Å². The Morgan fingerprint density at radius 2 is 1.83 bits per heavy atom. The summed E-state index contributed by atoms with van der Waals surface area (Å²) in [4.78, 5) is 12.4. The molecule has 0 saturated carbocycles. The molecule has 0 aromatic heterocycles. The maximum absolute atomic E-state index is 12.4. The van der Waals surface area contributed by atoms with Crippen LogP contribution in [-0.4, -0.2) is 46.9 Å². The number of hydrogen-bond donors (Lipinski definition) is 2. The summed E-state index contributed by atoms with van der Waals surface area (Å²) in [5.74, 6) is 1.82. The van der Waals surface area contributed by atoms with Crippen LogP contribution in [0.3, 0.4) is 0 Å². The molecule has 130 valence electrons. The monoisotopic (exact) mass is 344 g/mol. The van der Waals surface area contributed by atoms with Gasteiger partial charge >= 0.3 is 0 Å². The molecule has 1 atom stereocenters. The molecule has 0 aliphatic carbocycles. The average molecular weight is 345 g/mol. The molecule has 1 aliphatic rings. The Bertz CT molecular complexity index is 519. The van der Waals surface area contributed by atoms with Crippen LogP contribution in [0.1, 0.15) is 23.2 Å². The van der Waals surface area contributed by atoms with Crippen LogP contribution < -0.4 is 24.8 Å². The minimum absolute atomic E-state index is 0. The maximum atomic E-state index is 12.4. The van der Waals surface area contributed by atoms with E-state index in [4.69, 9.17) is 14.2 Å². The molecule has 0 radical (unpaired) electrons. The summed E-state index contributed by atoms with van der Waals surface area (Å²) >= 11 is 0. The fourth-order valence-electron chi connectivity index (χ4n) is 2.64. The second-order valence-electron chi connectivity index (χ2n) is 5.33. The van der Waals surface area contributed by atoms with Crippen LogP contribution >= 0.6 is 12.4 Å². The molecule has 1 amide bonds. The molecule has 6 nitrogen and oxygen atoms in total. The van der Waals surface area contributed by atoms with Crippen LogP contribution in [0.25, 0.3) is 0 Å². The summed E-state index contributed by atoms with van der Waals surface area (Å²) in [5, 5.41) is 6.32. The van der Waals surface area contributed by atoms with Crippen LogP contribution in [0.4, 0.5) is 0 Å². The third-order valence-corrected chi connectivity index (χ3v) is 3.90. The van der Waals surface area contributed by atoms with E-state index in [2.05, 4.69) is 10.6 Å². The van der Waals surface area contributed by atoms with Crippen LogP contribution in [0.2, 0.25) is 0 Å². The number of amides is 1. The van der Waals surface area contributed by atoms with E-state index in [0.717, 1.165) is 25.9 Å². The number of methoxy groups -OCH3 is 3. The van der Waals surface area contributed by atoms with Crippen LogP contribution in [-0.2, 0) is 0 Å². The number of benzene rings is 1. The third kappa shape index (κ3) is 4.91. The van der Waals surface area contributed by atoms with E-state index >= 15 is 0 Å². The molecule has 7 heteroatoms. The highest BCUT2D eigenvalue weighted by Gasteiger charge is 2.19. The van der Waals surface area contributed by atoms with Crippen molar-refractivity contribution in [3.8, 4) is 17.2 Å². The van der Waals surface area contributed by atoms with Crippen molar-refractivity contribution in [2.24, 2.45) is 5.92 Å². The summed E-state index contributed by atoms with van der Waals surface area (Å²) in [6.45, 7) is 2.67. The van der Waals surface area contributed by atoms with Gasteiger partial charge in [-0.1, -0.05) is 0 Å². The predicted molar refractivity (Wildman–Crippen MR) is 91.3 cm³/mol. The lowest BCUT2D eigenvalue weighted by Crippen LogP contribution is -2.38. The van der Waals surface area contributed by atoms with Crippen LogP contribution in [0.15, 0.2) is 12.1 Å². The van der Waals surface area contributed by atoms with Crippen molar-refractivity contribution in [2.45, 2.75) is 12.8 Å². The first-order chi connectivity index (χ1) is 10.7. The van der Waals surface area contributed by atoms with E-state index in [-0.39, 0.29) is 18.3 Å². The topological polar surface area (TPSA) is 68.8 Å². The second-order valence-corrected chi connectivity index (χ2v) is 5.33. The fourth-order valence-corrected chi connectivity index (χ4v) is 2.64. The standard InChI is InChI=1S/C16H24N2O4.ClH/c1-20-13-8-15(22-3)14(21-2)7-12(13)16(19)18-10-11-5-4-6-17-9-11;/h7-8,11,17H,4-6,9-10H2,1-3H3,(H,18,19);1H. The number of carbonyl (C=O) groups is 1. The molecule has 0 bridgehead atoms. The smallest absolute Gasteiger partial charge is 0.255 e. The van der Waals surface area contributed by atoms with Gasteiger partial charge in [-0.05, 0) is 31.8 Å². The summed E-state index contributed by atoms with van der Waals surface area (Å²) < 4.78 is 15.8. The van der Waals surface area contributed by atoms with Gasteiger partial charge in [-0.2, -0.15) is 0 Å². The number of rotatable bonds is 6. The zero-order valence-electron chi connectivity index (χ0n) is 13.8. The SMILES string of the molecule is COc1cc(OC)c(C(=O)NCC2CCCNC2)cc1OC.Cl. The Morgan fingerprint density at radius 1 is 1.17 bits per heavy atom. The predicted octanol–water partition coefficient (Wildman–Crippen LogP) is 1.86. The molecule has 1 heterocycles. The normalized spacial score (nSPS) is 16.9. The fraction of sp³-hybridized carbons (Fsp3) is 0.562. The van der Waals surface area contributed by atoms with Crippen molar-refractivity contribution in [2.75, 3.05) is 41.0 Å². The highest BCUT2D eigenvalue weighted by atomic mass is 35.5.